The Kier molecular flexibility index (Phi) is 8.56. The molecule has 2 aromatic rings. The predicted molar refractivity (Wildman–Crippen MR) is 117 cm³/mol. The molecule has 2 heterocycles. The average molecular weight is 486 g/mol. The number of hydrogen-bond donors (Lipinski definition) is 2. The van der Waals surface area contributed by atoms with Gasteiger partial charge in [0, 0.05) is 20.1 Å². The first kappa shape index (κ1) is 21.7. The van der Waals surface area contributed by atoms with Gasteiger partial charge in [-0.3, -0.25) is 9.89 Å². The Morgan fingerprint density at radius 3 is 2.44 bits per heavy atom. The molecule has 1 aromatic heterocycles. The minimum atomic E-state index is -0.224. The van der Waals surface area contributed by atoms with E-state index in [4.69, 9.17) is 4.42 Å². The first-order chi connectivity index (χ1) is 12.7. The lowest BCUT2D eigenvalue weighted by atomic mass is 10.2. The molecule has 7 heteroatoms. The number of aliphatic imine (C=N–C) groups is 1. The van der Waals surface area contributed by atoms with Gasteiger partial charge in [-0.2, -0.15) is 0 Å². The van der Waals surface area contributed by atoms with Crippen LogP contribution in [0.25, 0.3) is 0 Å². The third-order valence-corrected chi connectivity index (χ3v) is 4.73. The Morgan fingerprint density at radius 1 is 1.15 bits per heavy atom. The van der Waals surface area contributed by atoms with Gasteiger partial charge in [0.2, 0.25) is 0 Å². The molecule has 0 saturated carbocycles. The van der Waals surface area contributed by atoms with E-state index in [9.17, 15) is 4.39 Å². The number of guanidine groups is 1. The molecule has 1 atom stereocenters. The van der Waals surface area contributed by atoms with Gasteiger partial charge in [-0.05, 0) is 62.7 Å². The van der Waals surface area contributed by atoms with E-state index in [1.54, 1.807) is 19.2 Å². The summed E-state index contributed by atoms with van der Waals surface area (Å²) in [5, 5.41) is 6.67. The Labute approximate surface area is 177 Å². The molecule has 3 rings (SSSR count). The summed E-state index contributed by atoms with van der Waals surface area (Å²) in [4.78, 5) is 6.75. The van der Waals surface area contributed by atoms with Gasteiger partial charge >= 0.3 is 0 Å². The normalized spacial score (nSPS) is 16.0. The van der Waals surface area contributed by atoms with Crippen LogP contribution in [0.2, 0.25) is 0 Å². The van der Waals surface area contributed by atoms with Crippen molar-refractivity contribution in [3.8, 4) is 0 Å². The molecule has 0 bridgehead atoms. The number of likely N-dealkylation sites (tertiary alicyclic amines) is 1. The fraction of sp³-hybridized carbons (Fsp3) is 0.450. The third-order valence-electron chi connectivity index (χ3n) is 4.73. The highest BCUT2D eigenvalue weighted by Crippen LogP contribution is 2.26. The van der Waals surface area contributed by atoms with Gasteiger partial charge in [-0.15, -0.1) is 24.0 Å². The standard InChI is InChI=1S/C20H27FN4O.HI/c1-15-5-10-19(26-15)18(25-11-3-4-12-25)14-24-20(22-2)23-13-16-6-8-17(21)9-7-16;/h5-10,18H,3-4,11-14H2,1-2H3,(H2,22,23,24);1H. The van der Waals surface area contributed by atoms with Crippen molar-refractivity contribution in [3.05, 3.63) is 59.3 Å². The number of nitrogens with one attached hydrogen (secondary N) is 2. The number of benzene rings is 1. The molecule has 0 spiro atoms. The maximum Gasteiger partial charge on any atom is 0.191 e. The van der Waals surface area contributed by atoms with E-state index in [2.05, 4.69) is 26.6 Å². The molecule has 1 fully saturated rings. The first-order valence-electron chi connectivity index (χ1n) is 9.15. The van der Waals surface area contributed by atoms with Crippen molar-refractivity contribution in [1.29, 1.82) is 0 Å². The Hall–Kier alpha value is -1.61. The second-order valence-electron chi connectivity index (χ2n) is 6.64. The second-order valence-corrected chi connectivity index (χ2v) is 6.64. The van der Waals surface area contributed by atoms with Crippen LogP contribution in [0.15, 0.2) is 45.8 Å². The van der Waals surface area contributed by atoms with E-state index in [1.165, 1.54) is 25.0 Å². The molecule has 2 N–H and O–H groups in total. The van der Waals surface area contributed by atoms with Crippen LogP contribution >= 0.6 is 24.0 Å². The monoisotopic (exact) mass is 486 g/mol. The maximum absolute atomic E-state index is 13.0. The van der Waals surface area contributed by atoms with Crippen molar-refractivity contribution in [2.45, 2.75) is 32.4 Å². The highest BCUT2D eigenvalue weighted by atomic mass is 127. The topological polar surface area (TPSA) is 52.8 Å². The zero-order valence-corrected chi connectivity index (χ0v) is 18.2. The van der Waals surface area contributed by atoms with Gasteiger partial charge in [-0.1, -0.05) is 12.1 Å². The zero-order chi connectivity index (χ0) is 18.4. The molecular formula is C20H28FIN4O. The van der Waals surface area contributed by atoms with Crippen LogP contribution in [0.4, 0.5) is 4.39 Å². The molecular weight excluding hydrogens is 458 g/mol. The molecule has 0 aliphatic carbocycles. The van der Waals surface area contributed by atoms with Crippen molar-refractivity contribution >= 4 is 29.9 Å². The molecule has 1 unspecified atom stereocenters. The lowest BCUT2D eigenvalue weighted by molar-refractivity contribution is 0.213. The quantitative estimate of drug-likeness (QED) is 0.370. The Bertz CT molecular complexity index is 726. The molecule has 5 nitrogen and oxygen atoms in total. The number of hydrogen-bond acceptors (Lipinski definition) is 3. The van der Waals surface area contributed by atoms with Crippen molar-refractivity contribution in [2.75, 3.05) is 26.7 Å². The summed E-state index contributed by atoms with van der Waals surface area (Å²) in [7, 11) is 1.75. The molecule has 0 amide bonds. The van der Waals surface area contributed by atoms with Crippen LogP contribution < -0.4 is 10.6 Å². The lowest BCUT2D eigenvalue weighted by Crippen LogP contribution is -2.42. The minimum absolute atomic E-state index is 0. The van der Waals surface area contributed by atoms with E-state index >= 15 is 0 Å². The predicted octanol–water partition coefficient (Wildman–Crippen LogP) is 3.85. The fourth-order valence-corrected chi connectivity index (χ4v) is 3.30. The van der Waals surface area contributed by atoms with Crippen molar-refractivity contribution < 1.29 is 8.81 Å². The summed E-state index contributed by atoms with van der Waals surface area (Å²) in [6.45, 7) is 5.47. The van der Waals surface area contributed by atoms with Crippen LogP contribution in [-0.4, -0.2) is 37.5 Å². The highest BCUT2D eigenvalue weighted by molar-refractivity contribution is 14.0. The maximum atomic E-state index is 13.0. The van der Waals surface area contributed by atoms with Crippen molar-refractivity contribution in [2.24, 2.45) is 4.99 Å². The van der Waals surface area contributed by atoms with Crippen molar-refractivity contribution in [3.63, 3.8) is 0 Å². The Morgan fingerprint density at radius 2 is 1.85 bits per heavy atom. The molecule has 27 heavy (non-hydrogen) atoms. The smallest absolute Gasteiger partial charge is 0.191 e. The number of aryl methyl sites for hydroxylation is 1. The number of nitrogens with zero attached hydrogens (tertiary/aromatic N) is 2. The second kappa shape index (κ2) is 10.7. The zero-order valence-electron chi connectivity index (χ0n) is 15.9. The summed E-state index contributed by atoms with van der Waals surface area (Å²) >= 11 is 0. The van der Waals surface area contributed by atoms with Gasteiger partial charge < -0.3 is 15.1 Å². The van der Waals surface area contributed by atoms with E-state index in [0.717, 1.165) is 42.7 Å². The van der Waals surface area contributed by atoms with Gasteiger partial charge in [0.25, 0.3) is 0 Å². The van der Waals surface area contributed by atoms with Gasteiger partial charge in [0.1, 0.15) is 17.3 Å². The average Bonchev–Trinajstić information content (AvgIpc) is 3.32. The van der Waals surface area contributed by atoms with Gasteiger partial charge in [0.05, 0.1) is 6.04 Å². The van der Waals surface area contributed by atoms with Gasteiger partial charge in [-0.25, -0.2) is 4.39 Å². The number of rotatable bonds is 6. The molecule has 1 saturated heterocycles. The summed E-state index contributed by atoms with van der Waals surface area (Å²) in [6, 6.07) is 10.7. The minimum Gasteiger partial charge on any atom is -0.465 e. The van der Waals surface area contributed by atoms with Crippen LogP contribution in [-0.2, 0) is 6.54 Å². The molecule has 148 valence electrons. The van der Waals surface area contributed by atoms with E-state index in [-0.39, 0.29) is 35.8 Å². The summed E-state index contributed by atoms with van der Waals surface area (Å²) in [5.74, 6) is 2.43. The largest absolute Gasteiger partial charge is 0.465 e. The van der Waals surface area contributed by atoms with Crippen LogP contribution in [0.3, 0.4) is 0 Å². The van der Waals surface area contributed by atoms with E-state index in [0.29, 0.717) is 6.54 Å². The van der Waals surface area contributed by atoms with E-state index in [1.807, 2.05) is 13.0 Å². The fourth-order valence-electron chi connectivity index (χ4n) is 3.30. The SMILES string of the molecule is CN=C(NCc1ccc(F)cc1)NCC(c1ccc(C)o1)N1CCCC1.I. The van der Waals surface area contributed by atoms with Gasteiger partial charge in [0.15, 0.2) is 5.96 Å². The Balaban J connectivity index is 0.00000261. The van der Waals surface area contributed by atoms with Crippen molar-refractivity contribution in [1.82, 2.24) is 15.5 Å². The molecule has 1 aromatic carbocycles. The number of halogens is 2. The molecule has 1 aliphatic rings. The lowest BCUT2D eigenvalue weighted by Gasteiger charge is -2.26. The third kappa shape index (κ3) is 6.21. The summed E-state index contributed by atoms with van der Waals surface area (Å²) in [6.07, 6.45) is 2.46. The molecule has 1 aliphatic heterocycles. The summed E-state index contributed by atoms with van der Waals surface area (Å²) < 4.78 is 18.9. The molecule has 0 radical (unpaired) electrons. The number of furan rings is 1. The highest BCUT2D eigenvalue weighted by Gasteiger charge is 2.26. The van der Waals surface area contributed by atoms with E-state index < -0.39 is 0 Å². The summed E-state index contributed by atoms with van der Waals surface area (Å²) in [5.41, 5.74) is 1.01. The first-order valence-corrected chi connectivity index (χ1v) is 9.15. The van der Waals surface area contributed by atoms with Crippen LogP contribution in [0.1, 0.15) is 36.0 Å². The van der Waals surface area contributed by atoms with Crippen LogP contribution in [0, 0.1) is 12.7 Å². The van der Waals surface area contributed by atoms with Crippen LogP contribution in [0.5, 0.6) is 0 Å².